The Labute approximate surface area is 201 Å². The van der Waals surface area contributed by atoms with Gasteiger partial charge in [-0.3, -0.25) is 4.90 Å². The van der Waals surface area contributed by atoms with Crippen LogP contribution in [0.15, 0.2) is 54.6 Å². The van der Waals surface area contributed by atoms with Gasteiger partial charge in [0.1, 0.15) is 6.23 Å². The summed E-state index contributed by atoms with van der Waals surface area (Å²) in [6, 6.07) is 18.5. The van der Waals surface area contributed by atoms with Gasteiger partial charge in [-0.05, 0) is 54.8 Å². The lowest BCUT2D eigenvalue weighted by atomic mass is 9.79. The van der Waals surface area contributed by atoms with Crippen LogP contribution < -0.4 is 4.90 Å². The average molecular weight is 469 g/mol. The number of likely N-dealkylation sites (N-methyl/N-ethyl adjacent to an activating group) is 1. The molecule has 3 atom stereocenters. The second-order valence-corrected chi connectivity index (χ2v) is 12.8. The summed E-state index contributed by atoms with van der Waals surface area (Å²) in [5, 5.41) is 0. The monoisotopic (exact) mass is 468 g/mol. The number of esters is 1. The molecule has 0 amide bonds. The predicted molar refractivity (Wildman–Crippen MR) is 138 cm³/mol. The summed E-state index contributed by atoms with van der Waals surface area (Å²) in [5.41, 5.74) is 3.12. The fourth-order valence-electron chi connectivity index (χ4n) is 4.82. The molecule has 0 aliphatic carbocycles. The summed E-state index contributed by atoms with van der Waals surface area (Å²) in [4.78, 5) is 16.7. The lowest BCUT2D eigenvalue weighted by Gasteiger charge is -2.39. The molecule has 1 aliphatic heterocycles. The number of anilines is 1. The van der Waals surface area contributed by atoms with E-state index < -0.39 is 9.04 Å². The summed E-state index contributed by atoms with van der Waals surface area (Å²) < 4.78 is 11.5. The van der Waals surface area contributed by atoms with Gasteiger partial charge in [-0.1, -0.05) is 51.1 Å². The molecule has 6 heteroatoms. The first kappa shape index (κ1) is 25.5. The summed E-state index contributed by atoms with van der Waals surface area (Å²) in [6.07, 6.45) is 1.33. The average Bonchev–Trinajstić information content (AvgIpc) is 3.19. The highest BCUT2D eigenvalue weighted by molar-refractivity contribution is 6.48. The second kappa shape index (κ2) is 10.8. The largest absolute Gasteiger partial charge is 0.465 e. The van der Waals surface area contributed by atoms with Crippen LogP contribution >= 0.6 is 0 Å². The molecule has 3 unspecified atom stereocenters. The highest BCUT2D eigenvalue weighted by Crippen LogP contribution is 2.40. The normalized spacial score (nSPS) is 20.1. The van der Waals surface area contributed by atoms with Crippen molar-refractivity contribution in [2.24, 2.45) is 11.3 Å². The highest BCUT2D eigenvalue weighted by atomic mass is 28.3. The van der Waals surface area contributed by atoms with E-state index in [1.54, 1.807) is 0 Å². The van der Waals surface area contributed by atoms with Crippen LogP contribution in [0, 0.1) is 11.3 Å². The second-order valence-electron chi connectivity index (χ2n) is 10.4. The minimum atomic E-state index is -1.19. The highest BCUT2D eigenvalue weighted by Gasteiger charge is 2.42. The maximum Gasteiger partial charge on any atom is 0.337 e. The molecule has 180 valence electrons. The number of hydrogen-bond donors (Lipinski definition) is 0. The Hall–Kier alpha value is -2.15. The van der Waals surface area contributed by atoms with Crippen LogP contribution in [-0.2, 0) is 9.16 Å². The van der Waals surface area contributed by atoms with E-state index in [-0.39, 0.29) is 23.7 Å². The fraction of sp³-hybridized carbons (Fsp3) is 0.519. The maximum absolute atomic E-state index is 11.9. The Morgan fingerprint density at radius 3 is 2.30 bits per heavy atom. The van der Waals surface area contributed by atoms with Crippen molar-refractivity contribution in [1.29, 1.82) is 0 Å². The molecule has 1 aliphatic rings. The minimum Gasteiger partial charge on any atom is -0.465 e. The van der Waals surface area contributed by atoms with E-state index in [0.717, 1.165) is 25.2 Å². The fourth-order valence-corrected chi connectivity index (χ4v) is 5.74. The molecule has 2 aromatic carbocycles. The molecular formula is C27H40N2O3Si. The van der Waals surface area contributed by atoms with E-state index in [1.165, 1.54) is 12.7 Å². The third kappa shape index (κ3) is 6.25. The van der Waals surface area contributed by atoms with Gasteiger partial charge in [0, 0.05) is 31.7 Å². The third-order valence-electron chi connectivity index (χ3n) is 6.71. The Balaban J connectivity index is 1.89. The smallest absolute Gasteiger partial charge is 0.337 e. The molecule has 0 saturated carbocycles. The van der Waals surface area contributed by atoms with E-state index in [4.69, 9.17) is 9.16 Å². The molecule has 0 aromatic heterocycles. The molecule has 1 heterocycles. The van der Waals surface area contributed by atoms with Gasteiger partial charge in [0.05, 0.1) is 18.7 Å². The van der Waals surface area contributed by atoms with Crippen LogP contribution in [0.2, 0.25) is 13.1 Å². The van der Waals surface area contributed by atoms with E-state index in [1.807, 2.05) is 24.3 Å². The van der Waals surface area contributed by atoms with Crippen molar-refractivity contribution in [3.8, 4) is 0 Å². The number of carbonyl (C=O) groups is 1. The first-order chi connectivity index (χ1) is 15.6. The molecule has 0 bridgehead atoms. The molecular weight excluding hydrogens is 428 g/mol. The number of nitrogens with zero attached hydrogens (tertiary/aromatic N) is 2. The molecule has 3 rings (SSSR count). The third-order valence-corrected chi connectivity index (χ3v) is 7.53. The van der Waals surface area contributed by atoms with Crippen LogP contribution in [0.25, 0.3) is 0 Å². The zero-order valence-corrected chi connectivity index (χ0v) is 22.4. The molecule has 33 heavy (non-hydrogen) atoms. The topological polar surface area (TPSA) is 42.0 Å². The van der Waals surface area contributed by atoms with Crippen LogP contribution in [0.4, 0.5) is 5.69 Å². The van der Waals surface area contributed by atoms with Crippen molar-refractivity contribution in [3.63, 3.8) is 0 Å². The van der Waals surface area contributed by atoms with Crippen molar-refractivity contribution in [2.45, 2.75) is 52.6 Å². The van der Waals surface area contributed by atoms with Crippen LogP contribution in [0.1, 0.15) is 49.2 Å². The quantitative estimate of drug-likeness (QED) is 0.386. The molecule has 1 fully saturated rings. The van der Waals surface area contributed by atoms with Gasteiger partial charge < -0.3 is 14.1 Å². The van der Waals surface area contributed by atoms with Gasteiger partial charge >= 0.3 is 5.97 Å². The van der Waals surface area contributed by atoms with E-state index in [9.17, 15) is 4.79 Å². The Morgan fingerprint density at radius 2 is 1.76 bits per heavy atom. The number of methoxy groups -OCH3 is 1. The van der Waals surface area contributed by atoms with Crippen molar-refractivity contribution in [2.75, 3.05) is 32.1 Å². The maximum atomic E-state index is 11.9. The van der Waals surface area contributed by atoms with E-state index in [2.05, 4.69) is 81.0 Å². The summed E-state index contributed by atoms with van der Waals surface area (Å²) in [7, 11) is 2.35. The number of rotatable bonds is 8. The number of carbonyl (C=O) groups excluding carboxylic acids is 1. The van der Waals surface area contributed by atoms with Crippen molar-refractivity contribution in [1.82, 2.24) is 4.90 Å². The number of hydrogen-bond acceptors (Lipinski definition) is 5. The van der Waals surface area contributed by atoms with E-state index >= 15 is 0 Å². The van der Waals surface area contributed by atoms with Gasteiger partial charge in [-0.25, -0.2) is 4.79 Å². The first-order valence-electron chi connectivity index (χ1n) is 12.0. The first-order valence-corrected chi connectivity index (χ1v) is 14.8. The van der Waals surface area contributed by atoms with Crippen molar-refractivity contribution < 1.29 is 14.0 Å². The predicted octanol–water partition coefficient (Wildman–Crippen LogP) is 5.34. The number of benzene rings is 2. The molecule has 0 radical (unpaired) electrons. The Kier molecular flexibility index (Phi) is 8.37. The Morgan fingerprint density at radius 1 is 1.12 bits per heavy atom. The molecule has 5 nitrogen and oxygen atoms in total. The molecule has 1 saturated heterocycles. The number of likely N-dealkylation sites (tertiary alicyclic amines) is 1. The van der Waals surface area contributed by atoms with Gasteiger partial charge in [-0.2, -0.15) is 0 Å². The molecule has 0 spiro atoms. The number of ether oxygens (including phenoxy) is 1. The van der Waals surface area contributed by atoms with Crippen LogP contribution in [-0.4, -0.2) is 53.4 Å². The Bertz CT molecular complexity index is 896. The zero-order valence-electron chi connectivity index (χ0n) is 21.2. The minimum absolute atomic E-state index is 0.161. The van der Waals surface area contributed by atoms with Gasteiger partial charge in [0.25, 0.3) is 0 Å². The van der Waals surface area contributed by atoms with Crippen LogP contribution in [0.5, 0.6) is 0 Å². The van der Waals surface area contributed by atoms with Gasteiger partial charge in [-0.15, -0.1) is 0 Å². The molecule has 2 aromatic rings. The lowest BCUT2D eigenvalue weighted by Crippen LogP contribution is -2.45. The molecule has 0 N–H and O–H groups in total. The standard InChI is InChI=1S/C27H40N2O3Si/c1-27(2,3)23-17-18-29(25(23)32-33(6)7)19-24(20-11-9-8-10-12-20)28(4)22-15-13-21(14-16-22)26(30)31-5/h8-16,23-25,33H,17-19H2,1-7H3. The summed E-state index contributed by atoms with van der Waals surface area (Å²) >= 11 is 0. The van der Waals surface area contributed by atoms with Gasteiger partial charge in [0.2, 0.25) is 0 Å². The SMILES string of the molecule is COC(=O)c1ccc(N(C)C(CN2CCC(C(C)(C)C)C2O[SiH](C)C)c2ccccc2)cc1. The summed E-state index contributed by atoms with van der Waals surface area (Å²) in [6.45, 7) is 13.5. The summed E-state index contributed by atoms with van der Waals surface area (Å²) in [5.74, 6) is 0.209. The zero-order chi connectivity index (χ0) is 24.2. The lowest BCUT2D eigenvalue weighted by molar-refractivity contribution is -0.00814. The van der Waals surface area contributed by atoms with Crippen molar-refractivity contribution in [3.05, 3.63) is 65.7 Å². The van der Waals surface area contributed by atoms with E-state index in [0.29, 0.717) is 11.5 Å². The van der Waals surface area contributed by atoms with Gasteiger partial charge in [0.15, 0.2) is 9.04 Å². The van der Waals surface area contributed by atoms with Crippen LogP contribution in [0.3, 0.4) is 0 Å². The van der Waals surface area contributed by atoms with Crippen molar-refractivity contribution >= 4 is 20.7 Å².